The maximum absolute atomic E-state index is 13.3. The number of Topliss-reactive ketones (excluding diaryl/α,β-unsaturated/α-hetero) is 1. The summed E-state index contributed by atoms with van der Waals surface area (Å²) in [7, 11) is 0. The minimum absolute atomic E-state index is 0.0292. The number of carboxylic acid groups (broad SMARTS) is 1. The summed E-state index contributed by atoms with van der Waals surface area (Å²) < 4.78 is 0. The zero-order chi connectivity index (χ0) is 19.6. The molecule has 0 amide bonds. The molecular formula is C20H29NO6. The molecule has 0 unspecified atom stereocenters. The van der Waals surface area contributed by atoms with Crippen molar-refractivity contribution in [2.45, 2.75) is 71.3 Å². The SMILES string of the molecule is C[C@]12CC[C@@H](O[N+](=O)[O-])C[C@H]1CC[C@H]1[C@@H]3CC[C@H](C(=O)O)[C@@]3(C)CC(=O)[C@@H]12. The Morgan fingerprint density at radius 2 is 1.93 bits per heavy atom. The number of rotatable bonds is 3. The van der Waals surface area contributed by atoms with Crippen LogP contribution in [-0.4, -0.2) is 28.0 Å². The Balaban J connectivity index is 1.60. The van der Waals surface area contributed by atoms with Crippen molar-refractivity contribution in [2.75, 3.05) is 0 Å². The second-order valence-corrected chi connectivity index (χ2v) is 9.87. The first-order chi connectivity index (χ1) is 12.7. The lowest BCUT2D eigenvalue weighted by Crippen LogP contribution is -2.58. The Kier molecular flexibility index (Phi) is 4.27. The summed E-state index contributed by atoms with van der Waals surface area (Å²) in [5.41, 5.74) is -0.557. The lowest BCUT2D eigenvalue weighted by atomic mass is 9.44. The van der Waals surface area contributed by atoms with Crippen molar-refractivity contribution in [2.24, 2.45) is 40.4 Å². The van der Waals surface area contributed by atoms with Crippen LogP contribution in [0.25, 0.3) is 0 Å². The van der Waals surface area contributed by atoms with Crippen LogP contribution in [0.4, 0.5) is 0 Å². The summed E-state index contributed by atoms with van der Waals surface area (Å²) in [4.78, 5) is 40.7. The third-order valence-corrected chi connectivity index (χ3v) is 8.83. The van der Waals surface area contributed by atoms with Crippen LogP contribution in [0.15, 0.2) is 0 Å². The van der Waals surface area contributed by atoms with Crippen LogP contribution >= 0.6 is 0 Å². The average Bonchev–Trinajstić information content (AvgIpc) is 2.91. The number of carbonyl (C=O) groups is 2. The van der Waals surface area contributed by atoms with E-state index in [0.717, 1.165) is 25.7 Å². The smallest absolute Gasteiger partial charge is 0.307 e. The Morgan fingerprint density at radius 3 is 2.59 bits per heavy atom. The molecule has 0 heterocycles. The van der Waals surface area contributed by atoms with E-state index in [1.165, 1.54) is 0 Å². The Labute approximate surface area is 158 Å². The fourth-order valence-corrected chi connectivity index (χ4v) is 7.66. The van der Waals surface area contributed by atoms with E-state index in [1.54, 1.807) is 0 Å². The van der Waals surface area contributed by atoms with Gasteiger partial charge in [0.25, 0.3) is 5.09 Å². The van der Waals surface area contributed by atoms with Gasteiger partial charge in [0.05, 0.1) is 5.92 Å². The van der Waals surface area contributed by atoms with Crippen LogP contribution in [0.3, 0.4) is 0 Å². The molecule has 0 bridgehead atoms. The summed E-state index contributed by atoms with van der Waals surface area (Å²) in [5, 5.41) is 19.7. The van der Waals surface area contributed by atoms with Gasteiger partial charge in [-0.1, -0.05) is 13.8 Å². The number of carbonyl (C=O) groups excluding carboxylic acids is 1. The van der Waals surface area contributed by atoms with E-state index in [-0.39, 0.29) is 35.1 Å². The Hall–Kier alpha value is -1.66. The first-order valence-electron chi connectivity index (χ1n) is 10.2. The highest BCUT2D eigenvalue weighted by molar-refractivity contribution is 5.85. The van der Waals surface area contributed by atoms with Crippen LogP contribution in [0, 0.1) is 50.5 Å². The molecule has 4 aliphatic carbocycles. The molecule has 4 fully saturated rings. The monoisotopic (exact) mass is 379 g/mol. The molecule has 0 aromatic carbocycles. The lowest BCUT2D eigenvalue weighted by molar-refractivity contribution is -0.770. The minimum atomic E-state index is -0.761. The molecule has 7 nitrogen and oxygen atoms in total. The fraction of sp³-hybridized carbons (Fsp3) is 0.900. The molecule has 0 aromatic rings. The molecule has 0 spiro atoms. The van der Waals surface area contributed by atoms with Gasteiger partial charge < -0.3 is 9.94 Å². The number of hydrogen-bond donors (Lipinski definition) is 1. The standard InChI is InChI=1S/C20H29NO6/c1-19-8-7-12(27-21(25)26)9-11(19)3-4-13-14-5-6-15(18(23)24)20(14,2)10-16(22)17(13)19/h11-15,17H,3-10H2,1-2H3,(H,23,24)/t11-,12-,13+,14+,15-,17-,19+,20+/m1/s1. The van der Waals surface area contributed by atoms with E-state index in [9.17, 15) is 24.8 Å². The molecule has 4 saturated carbocycles. The molecule has 4 aliphatic rings. The highest BCUT2D eigenvalue weighted by Crippen LogP contribution is 2.66. The van der Waals surface area contributed by atoms with Gasteiger partial charge in [0.2, 0.25) is 0 Å². The summed E-state index contributed by atoms with van der Waals surface area (Å²) in [6.07, 6.45) is 5.49. The van der Waals surface area contributed by atoms with Gasteiger partial charge in [0.15, 0.2) is 0 Å². The zero-order valence-corrected chi connectivity index (χ0v) is 16.1. The number of ketones is 1. The molecule has 7 heteroatoms. The van der Waals surface area contributed by atoms with Crippen molar-refractivity contribution in [3.63, 3.8) is 0 Å². The first-order valence-corrected chi connectivity index (χ1v) is 10.2. The zero-order valence-electron chi connectivity index (χ0n) is 16.1. The minimum Gasteiger partial charge on any atom is -0.481 e. The van der Waals surface area contributed by atoms with Gasteiger partial charge in [-0.2, -0.15) is 0 Å². The van der Waals surface area contributed by atoms with E-state index in [4.69, 9.17) is 4.84 Å². The van der Waals surface area contributed by atoms with Crippen LogP contribution in [0.1, 0.15) is 65.2 Å². The highest BCUT2D eigenvalue weighted by atomic mass is 17.0. The van der Waals surface area contributed by atoms with Crippen molar-refractivity contribution in [3.8, 4) is 0 Å². The number of nitrogens with zero attached hydrogens (tertiary/aromatic N) is 1. The normalized spacial score (nSPS) is 48.9. The van der Waals surface area contributed by atoms with Gasteiger partial charge in [-0.05, 0) is 73.5 Å². The Bertz CT molecular complexity index is 679. The van der Waals surface area contributed by atoms with Gasteiger partial charge in [0, 0.05) is 12.3 Å². The largest absolute Gasteiger partial charge is 0.481 e. The maximum Gasteiger partial charge on any atom is 0.307 e. The van der Waals surface area contributed by atoms with E-state index in [2.05, 4.69) is 6.92 Å². The van der Waals surface area contributed by atoms with E-state index in [0.29, 0.717) is 31.6 Å². The molecule has 8 atom stereocenters. The van der Waals surface area contributed by atoms with Crippen molar-refractivity contribution < 1.29 is 24.6 Å². The predicted octanol–water partition coefficient (Wildman–Crippen LogP) is 3.49. The molecule has 1 N–H and O–H groups in total. The van der Waals surface area contributed by atoms with E-state index in [1.807, 2.05) is 6.92 Å². The van der Waals surface area contributed by atoms with Crippen molar-refractivity contribution >= 4 is 11.8 Å². The van der Waals surface area contributed by atoms with Crippen LogP contribution in [0.2, 0.25) is 0 Å². The highest BCUT2D eigenvalue weighted by Gasteiger charge is 2.64. The van der Waals surface area contributed by atoms with Gasteiger partial charge in [0.1, 0.15) is 11.9 Å². The summed E-state index contributed by atoms with van der Waals surface area (Å²) in [6, 6.07) is 0. The number of aliphatic carboxylic acids is 1. The summed E-state index contributed by atoms with van der Waals surface area (Å²) >= 11 is 0. The van der Waals surface area contributed by atoms with Crippen molar-refractivity contribution in [1.82, 2.24) is 0 Å². The lowest BCUT2D eigenvalue weighted by Gasteiger charge is -2.59. The molecule has 150 valence electrons. The van der Waals surface area contributed by atoms with E-state index >= 15 is 0 Å². The quantitative estimate of drug-likeness (QED) is 0.594. The van der Waals surface area contributed by atoms with Gasteiger partial charge in [-0.25, -0.2) is 0 Å². The Morgan fingerprint density at radius 1 is 1.19 bits per heavy atom. The maximum atomic E-state index is 13.3. The average molecular weight is 379 g/mol. The topological polar surface area (TPSA) is 107 Å². The fourth-order valence-electron chi connectivity index (χ4n) is 7.66. The second-order valence-electron chi connectivity index (χ2n) is 9.87. The molecule has 0 saturated heterocycles. The van der Waals surface area contributed by atoms with Crippen molar-refractivity contribution in [3.05, 3.63) is 10.1 Å². The molecular weight excluding hydrogens is 350 g/mol. The molecule has 0 aliphatic heterocycles. The van der Waals surface area contributed by atoms with Crippen LogP contribution in [-0.2, 0) is 14.4 Å². The molecule has 0 radical (unpaired) electrons. The molecule has 0 aromatic heterocycles. The van der Waals surface area contributed by atoms with Gasteiger partial charge in [-0.15, -0.1) is 10.1 Å². The number of hydrogen-bond acceptors (Lipinski definition) is 5. The van der Waals surface area contributed by atoms with Crippen LogP contribution < -0.4 is 0 Å². The number of carboxylic acids is 1. The third-order valence-electron chi connectivity index (χ3n) is 8.83. The first kappa shape index (κ1) is 18.7. The van der Waals surface area contributed by atoms with Crippen LogP contribution in [0.5, 0.6) is 0 Å². The van der Waals surface area contributed by atoms with Crippen molar-refractivity contribution in [1.29, 1.82) is 0 Å². The number of fused-ring (bicyclic) bond motifs is 5. The molecule has 4 rings (SSSR count). The molecule has 27 heavy (non-hydrogen) atoms. The predicted molar refractivity (Wildman–Crippen MR) is 95.1 cm³/mol. The third kappa shape index (κ3) is 2.68. The van der Waals surface area contributed by atoms with Gasteiger partial charge >= 0.3 is 5.97 Å². The summed E-state index contributed by atoms with van der Waals surface area (Å²) in [5.74, 6) is -0.152. The summed E-state index contributed by atoms with van der Waals surface area (Å²) in [6.45, 7) is 4.22. The van der Waals surface area contributed by atoms with E-state index < -0.39 is 22.4 Å². The van der Waals surface area contributed by atoms with Gasteiger partial charge in [-0.3, -0.25) is 9.59 Å². The second kappa shape index (κ2) is 6.17.